The van der Waals surface area contributed by atoms with Crippen LogP contribution in [0.1, 0.15) is 23.1 Å². The fourth-order valence-corrected chi connectivity index (χ4v) is 1.79. The second-order valence-electron chi connectivity index (χ2n) is 3.95. The van der Waals surface area contributed by atoms with Crippen molar-refractivity contribution >= 4 is 0 Å². The maximum atomic E-state index is 4.41. The lowest BCUT2D eigenvalue weighted by Crippen LogP contribution is -2.21. The van der Waals surface area contributed by atoms with Gasteiger partial charge in [-0.05, 0) is 30.8 Å². The molecule has 0 spiro atoms. The zero-order valence-corrected chi connectivity index (χ0v) is 10.3. The third kappa shape index (κ3) is 2.65. The summed E-state index contributed by atoms with van der Waals surface area (Å²) in [6.45, 7) is 2.05. The Balaban J connectivity index is 2.20. The number of nitrogens with one attached hydrogen (secondary N) is 1. The smallest absolute Gasteiger partial charge is 0.176 e. The molecular weight excluding hydrogens is 216 g/mol. The maximum absolute atomic E-state index is 4.41. The largest absolute Gasteiger partial charge is 0.311 e. The van der Waals surface area contributed by atoms with E-state index in [1.165, 1.54) is 4.80 Å². The monoisotopic (exact) mass is 232 g/mol. The molecule has 2 aromatic rings. The van der Waals surface area contributed by atoms with E-state index >= 15 is 0 Å². The van der Waals surface area contributed by atoms with Crippen molar-refractivity contribution in [2.75, 3.05) is 7.05 Å². The van der Waals surface area contributed by atoms with Gasteiger partial charge in [0, 0.05) is 12.6 Å². The molecular formula is C11H16N6. The van der Waals surface area contributed by atoms with Gasteiger partial charge in [0.05, 0.1) is 18.8 Å². The molecule has 0 amide bonds. The van der Waals surface area contributed by atoms with E-state index in [0.29, 0.717) is 6.42 Å². The minimum absolute atomic E-state index is 0.111. The molecule has 2 heterocycles. The minimum Gasteiger partial charge on any atom is -0.311 e. The van der Waals surface area contributed by atoms with Gasteiger partial charge in [0.1, 0.15) is 0 Å². The SMILES string of the molecule is CNC(Cc1nnn(C)n1)c1ncccc1C. The summed E-state index contributed by atoms with van der Waals surface area (Å²) in [4.78, 5) is 5.87. The van der Waals surface area contributed by atoms with Crippen LogP contribution in [-0.4, -0.2) is 32.2 Å². The number of pyridine rings is 1. The van der Waals surface area contributed by atoms with Crippen LogP contribution in [0.4, 0.5) is 0 Å². The van der Waals surface area contributed by atoms with Gasteiger partial charge in [-0.3, -0.25) is 4.98 Å². The van der Waals surface area contributed by atoms with E-state index in [0.717, 1.165) is 17.1 Å². The van der Waals surface area contributed by atoms with Gasteiger partial charge in [-0.15, -0.1) is 10.2 Å². The summed E-state index contributed by atoms with van der Waals surface area (Å²) in [5.74, 6) is 0.719. The van der Waals surface area contributed by atoms with Crippen molar-refractivity contribution in [1.29, 1.82) is 0 Å². The van der Waals surface area contributed by atoms with Gasteiger partial charge >= 0.3 is 0 Å². The van der Waals surface area contributed by atoms with E-state index in [9.17, 15) is 0 Å². The normalized spacial score (nSPS) is 12.6. The van der Waals surface area contributed by atoms with Crippen LogP contribution < -0.4 is 5.32 Å². The lowest BCUT2D eigenvalue weighted by atomic mass is 10.1. The molecule has 0 radical (unpaired) electrons. The predicted molar refractivity (Wildman–Crippen MR) is 63.3 cm³/mol. The number of hydrogen-bond donors (Lipinski definition) is 1. The third-order valence-electron chi connectivity index (χ3n) is 2.66. The molecule has 2 rings (SSSR count). The highest BCUT2D eigenvalue weighted by Gasteiger charge is 2.16. The molecule has 0 saturated heterocycles. The Morgan fingerprint density at radius 2 is 2.29 bits per heavy atom. The molecule has 0 fully saturated rings. The van der Waals surface area contributed by atoms with Gasteiger partial charge in [-0.2, -0.15) is 4.80 Å². The van der Waals surface area contributed by atoms with Crippen molar-refractivity contribution in [2.45, 2.75) is 19.4 Å². The minimum atomic E-state index is 0.111. The van der Waals surface area contributed by atoms with Crippen LogP contribution >= 0.6 is 0 Å². The van der Waals surface area contributed by atoms with E-state index in [1.54, 1.807) is 13.2 Å². The van der Waals surface area contributed by atoms with Crippen LogP contribution in [0.15, 0.2) is 18.3 Å². The molecule has 0 aliphatic rings. The Morgan fingerprint density at radius 3 is 2.88 bits per heavy atom. The Labute approximate surface area is 100 Å². The van der Waals surface area contributed by atoms with Gasteiger partial charge < -0.3 is 5.32 Å². The fourth-order valence-electron chi connectivity index (χ4n) is 1.79. The molecule has 1 unspecified atom stereocenters. The van der Waals surface area contributed by atoms with Gasteiger partial charge in [0.2, 0.25) is 0 Å². The summed E-state index contributed by atoms with van der Waals surface area (Å²) in [7, 11) is 3.67. The van der Waals surface area contributed by atoms with Gasteiger partial charge in [-0.25, -0.2) is 0 Å². The van der Waals surface area contributed by atoms with Gasteiger partial charge in [0.15, 0.2) is 5.82 Å². The molecule has 2 aromatic heterocycles. The second-order valence-corrected chi connectivity index (χ2v) is 3.95. The predicted octanol–water partition coefficient (Wildman–Crippen LogP) is 0.417. The summed E-state index contributed by atoms with van der Waals surface area (Å²) >= 11 is 0. The van der Waals surface area contributed by atoms with E-state index in [-0.39, 0.29) is 6.04 Å². The van der Waals surface area contributed by atoms with Crippen molar-refractivity contribution < 1.29 is 0 Å². The van der Waals surface area contributed by atoms with Crippen LogP contribution in [0.3, 0.4) is 0 Å². The standard InChI is InChI=1S/C11H16N6/c1-8-5-4-6-13-11(8)9(12-2)7-10-14-16-17(3)15-10/h4-6,9,12H,7H2,1-3H3. The highest BCUT2D eigenvalue weighted by atomic mass is 15.6. The summed E-state index contributed by atoms with van der Waals surface area (Å²) in [5.41, 5.74) is 2.19. The first-order chi connectivity index (χ1) is 8.20. The zero-order valence-electron chi connectivity index (χ0n) is 10.3. The highest BCUT2D eigenvalue weighted by molar-refractivity contribution is 5.21. The number of aromatic nitrogens is 5. The first-order valence-electron chi connectivity index (χ1n) is 5.52. The van der Waals surface area contributed by atoms with E-state index < -0.39 is 0 Å². The van der Waals surface area contributed by atoms with Crippen LogP contribution in [0.2, 0.25) is 0 Å². The van der Waals surface area contributed by atoms with Crippen molar-refractivity contribution in [3.05, 3.63) is 35.4 Å². The molecule has 0 aliphatic heterocycles. The molecule has 6 nitrogen and oxygen atoms in total. The topological polar surface area (TPSA) is 68.5 Å². The van der Waals surface area contributed by atoms with Crippen molar-refractivity contribution in [3.8, 4) is 0 Å². The van der Waals surface area contributed by atoms with Crippen molar-refractivity contribution in [3.63, 3.8) is 0 Å². The summed E-state index contributed by atoms with van der Waals surface area (Å²) in [5, 5.41) is 15.2. The molecule has 1 atom stereocenters. The first-order valence-corrected chi connectivity index (χ1v) is 5.52. The van der Waals surface area contributed by atoms with Crippen molar-refractivity contribution in [2.24, 2.45) is 7.05 Å². The van der Waals surface area contributed by atoms with Crippen LogP contribution in [0.25, 0.3) is 0 Å². The third-order valence-corrected chi connectivity index (χ3v) is 2.66. The molecule has 6 heteroatoms. The van der Waals surface area contributed by atoms with E-state index in [4.69, 9.17) is 0 Å². The molecule has 0 aliphatic carbocycles. The number of nitrogens with zero attached hydrogens (tertiary/aromatic N) is 5. The molecule has 0 aromatic carbocycles. The Bertz CT molecular complexity index is 492. The second kappa shape index (κ2) is 5.01. The molecule has 0 saturated carbocycles. The lowest BCUT2D eigenvalue weighted by Gasteiger charge is -2.15. The van der Waals surface area contributed by atoms with Gasteiger partial charge in [-0.1, -0.05) is 6.07 Å². The maximum Gasteiger partial charge on any atom is 0.176 e. The first kappa shape index (κ1) is 11.7. The van der Waals surface area contributed by atoms with Crippen LogP contribution in [0, 0.1) is 6.92 Å². The zero-order chi connectivity index (χ0) is 12.3. The quantitative estimate of drug-likeness (QED) is 0.827. The van der Waals surface area contributed by atoms with Crippen molar-refractivity contribution in [1.82, 2.24) is 30.5 Å². The van der Waals surface area contributed by atoms with E-state index in [2.05, 4.69) is 38.7 Å². The Morgan fingerprint density at radius 1 is 1.47 bits per heavy atom. The number of rotatable bonds is 4. The molecule has 17 heavy (non-hydrogen) atoms. The Hall–Kier alpha value is -1.82. The lowest BCUT2D eigenvalue weighted by molar-refractivity contribution is 0.553. The summed E-state index contributed by atoms with van der Waals surface area (Å²) in [6, 6.07) is 4.10. The van der Waals surface area contributed by atoms with E-state index in [1.807, 2.05) is 13.1 Å². The van der Waals surface area contributed by atoms with Crippen LogP contribution in [-0.2, 0) is 13.5 Å². The highest BCUT2D eigenvalue weighted by Crippen LogP contribution is 2.17. The number of aryl methyl sites for hydroxylation is 2. The molecule has 0 bridgehead atoms. The molecule has 90 valence electrons. The number of hydrogen-bond acceptors (Lipinski definition) is 5. The van der Waals surface area contributed by atoms with Gasteiger partial charge in [0.25, 0.3) is 0 Å². The Kier molecular flexibility index (Phi) is 3.43. The summed E-state index contributed by atoms with van der Waals surface area (Å²) in [6.07, 6.45) is 2.49. The average molecular weight is 232 g/mol. The van der Waals surface area contributed by atoms with Crippen LogP contribution in [0.5, 0.6) is 0 Å². The fraction of sp³-hybridized carbons (Fsp3) is 0.455. The summed E-state index contributed by atoms with van der Waals surface area (Å²) < 4.78 is 0. The number of tetrazole rings is 1. The molecule has 1 N–H and O–H groups in total. The number of likely N-dealkylation sites (N-methyl/N-ethyl adjacent to an activating group) is 1. The average Bonchev–Trinajstić information content (AvgIpc) is 2.73.